The molecule has 1 aromatic carbocycles. The van der Waals surface area contributed by atoms with Crippen molar-refractivity contribution in [2.45, 2.75) is 43.9 Å². The van der Waals surface area contributed by atoms with Gasteiger partial charge in [-0.1, -0.05) is 29.8 Å². The molecule has 0 spiro atoms. The van der Waals surface area contributed by atoms with Crippen LogP contribution in [0.4, 0.5) is 0 Å². The first-order valence-corrected chi connectivity index (χ1v) is 9.93. The van der Waals surface area contributed by atoms with E-state index in [0.29, 0.717) is 27.5 Å². The summed E-state index contributed by atoms with van der Waals surface area (Å²) in [4.78, 5) is 16.6. The highest BCUT2D eigenvalue weighted by Gasteiger charge is 2.42. The number of aromatic nitrogens is 1. The number of amides is 1. The van der Waals surface area contributed by atoms with E-state index < -0.39 is 0 Å². The summed E-state index contributed by atoms with van der Waals surface area (Å²) < 4.78 is 5.63. The van der Waals surface area contributed by atoms with Crippen LogP contribution in [-0.4, -0.2) is 22.7 Å². The summed E-state index contributed by atoms with van der Waals surface area (Å²) >= 11 is 7.28. The van der Waals surface area contributed by atoms with Gasteiger partial charge in [-0.2, -0.15) is 0 Å². The predicted octanol–water partition coefficient (Wildman–Crippen LogP) is 4.51. The first-order valence-electron chi connectivity index (χ1n) is 8.57. The van der Waals surface area contributed by atoms with Crippen molar-refractivity contribution in [3.05, 3.63) is 23.2 Å². The highest BCUT2D eigenvalue weighted by molar-refractivity contribution is 7.99. The average Bonchev–Trinajstić information content (AvgIpc) is 3.27. The van der Waals surface area contributed by atoms with Crippen LogP contribution in [0.3, 0.4) is 0 Å². The zero-order valence-electron chi connectivity index (χ0n) is 13.6. The van der Waals surface area contributed by atoms with E-state index in [2.05, 4.69) is 17.2 Å². The van der Waals surface area contributed by atoms with Crippen LogP contribution in [0.2, 0.25) is 5.02 Å². The van der Waals surface area contributed by atoms with Gasteiger partial charge in [-0.3, -0.25) is 4.79 Å². The molecule has 1 aromatic heterocycles. The van der Waals surface area contributed by atoms with Crippen LogP contribution in [0, 0.1) is 17.8 Å². The number of oxazole rings is 1. The van der Waals surface area contributed by atoms with E-state index in [1.165, 1.54) is 37.4 Å². The zero-order chi connectivity index (χ0) is 16.7. The number of nitrogens with zero attached hydrogens (tertiary/aromatic N) is 1. The van der Waals surface area contributed by atoms with Gasteiger partial charge in [-0.25, -0.2) is 4.98 Å². The van der Waals surface area contributed by atoms with E-state index in [1.807, 2.05) is 0 Å². The molecule has 2 aliphatic rings. The summed E-state index contributed by atoms with van der Waals surface area (Å²) in [6.45, 7) is 2.15. The molecule has 2 bridgehead atoms. The maximum Gasteiger partial charge on any atom is 0.257 e. The molecule has 0 aliphatic heterocycles. The Hall–Kier alpha value is -1.20. The molecule has 2 aliphatic carbocycles. The fraction of sp³-hybridized carbons (Fsp3) is 0.556. The molecule has 1 amide bonds. The Morgan fingerprint density at radius 1 is 1.46 bits per heavy atom. The number of carbonyl (C=O) groups is 1. The van der Waals surface area contributed by atoms with Crippen molar-refractivity contribution in [1.82, 2.24) is 10.3 Å². The van der Waals surface area contributed by atoms with Crippen LogP contribution >= 0.6 is 23.4 Å². The summed E-state index contributed by atoms with van der Waals surface area (Å²) in [5, 5.41) is 4.31. The molecular formula is C18H21ClN2O2S. The topological polar surface area (TPSA) is 55.1 Å². The molecule has 4 nitrogen and oxygen atoms in total. The Labute approximate surface area is 150 Å². The molecular weight excluding hydrogens is 344 g/mol. The molecule has 128 valence electrons. The van der Waals surface area contributed by atoms with Gasteiger partial charge in [0.1, 0.15) is 5.52 Å². The van der Waals surface area contributed by atoms with Gasteiger partial charge in [0, 0.05) is 11.1 Å². The smallest absolute Gasteiger partial charge is 0.257 e. The Bertz CT molecular complexity index is 763. The lowest BCUT2D eigenvalue weighted by molar-refractivity contribution is -0.119. The second kappa shape index (κ2) is 6.60. The van der Waals surface area contributed by atoms with E-state index in [1.54, 1.807) is 18.2 Å². The van der Waals surface area contributed by atoms with Gasteiger partial charge in [0.15, 0.2) is 5.58 Å². The van der Waals surface area contributed by atoms with Gasteiger partial charge in [-0.05, 0) is 62.1 Å². The summed E-state index contributed by atoms with van der Waals surface area (Å²) in [5.41, 5.74) is 1.42. The lowest BCUT2D eigenvalue weighted by Gasteiger charge is -2.28. The molecule has 1 N–H and O–H groups in total. The molecule has 24 heavy (non-hydrogen) atoms. The lowest BCUT2D eigenvalue weighted by Crippen LogP contribution is -2.40. The van der Waals surface area contributed by atoms with Crippen molar-refractivity contribution in [3.8, 4) is 0 Å². The molecule has 4 atom stereocenters. The molecule has 0 radical (unpaired) electrons. The maximum absolute atomic E-state index is 12.2. The number of hydrogen-bond acceptors (Lipinski definition) is 4. The van der Waals surface area contributed by atoms with Crippen molar-refractivity contribution in [2.75, 3.05) is 5.75 Å². The number of benzene rings is 1. The quantitative estimate of drug-likeness (QED) is 0.793. The fourth-order valence-electron chi connectivity index (χ4n) is 4.38. The first-order chi connectivity index (χ1) is 11.6. The predicted molar refractivity (Wildman–Crippen MR) is 96.3 cm³/mol. The van der Waals surface area contributed by atoms with Crippen molar-refractivity contribution < 1.29 is 9.21 Å². The Morgan fingerprint density at radius 3 is 3.08 bits per heavy atom. The van der Waals surface area contributed by atoms with Crippen molar-refractivity contribution in [2.24, 2.45) is 17.8 Å². The summed E-state index contributed by atoms with van der Waals surface area (Å²) in [6, 6.07) is 5.59. The molecule has 6 heteroatoms. The third-order valence-electron chi connectivity index (χ3n) is 5.48. The number of halogens is 1. The normalized spacial score (nSPS) is 26.8. The number of carbonyl (C=O) groups excluding carboxylic acids is 1. The molecule has 2 saturated carbocycles. The highest BCUT2D eigenvalue weighted by atomic mass is 35.5. The molecule has 2 aromatic rings. The second-order valence-electron chi connectivity index (χ2n) is 7.08. The van der Waals surface area contributed by atoms with Crippen LogP contribution in [0.25, 0.3) is 11.1 Å². The van der Waals surface area contributed by atoms with Gasteiger partial charge in [0.05, 0.1) is 5.75 Å². The van der Waals surface area contributed by atoms with Gasteiger partial charge >= 0.3 is 0 Å². The van der Waals surface area contributed by atoms with Crippen LogP contribution in [0.15, 0.2) is 27.8 Å². The first kappa shape index (κ1) is 16.3. The van der Waals surface area contributed by atoms with Crippen molar-refractivity contribution in [1.29, 1.82) is 0 Å². The summed E-state index contributed by atoms with van der Waals surface area (Å²) in [6.07, 6.45) is 5.38. The third-order valence-corrected chi connectivity index (χ3v) is 6.54. The highest BCUT2D eigenvalue weighted by Crippen LogP contribution is 2.49. The Balaban J connectivity index is 1.31. The summed E-state index contributed by atoms with van der Waals surface area (Å²) in [5.74, 6) is 2.76. The van der Waals surface area contributed by atoms with E-state index >= 15 is 0 Å². The largest absolute Gasteiger partial charge is 0.431 e. The van der Waals surface area contributed by atoms with Gasteiger partial charge < -0.3 is 9.73 Å². The molecule has 4 rings (SSSR count). The minimum Gasteiger partial charge on any atom is -0.431 e. The minimum atomic E-state index is 0.0514. The number of fused-ring (bicyclic) bond motifs is 3. The third kappa shape index (κ3) is 3.29. The fourth-order valence-corrected chi connectivity index (χ4v) is 5.19. The van der Waals surface area contributed by atoms with E-state index in [0.717, 1.165) is 17.4 Å². The second-order valence-corrected chi connectivity index (χ2v) is 8.44. The molecule has 4 unspecified atom stereocenters. The monoisotopic (exact) mass is 364 g/mol. The Morgan fingerprint density at radius 2 is 2.33 bits per heavy atom. The SMILES string of the molecule is CC(NC(=O)CSc1nc2cc(Cl)ccc2o1)C1CC2CCC1C2. The minimum absolute atomic E-state index is 0.0514. The number of hydrogen-bond donors (Lipinski definition) is 1. The van der Waals surface area contributed by atoms with Crippen LogP contribution in [0.5, 0.6) is 0 Å². The van der Waals surface area contributed by atoms with E-state index in [-0.39, 0.29) is 11.9 Å². The van der Waals surface area contributed by atoms with Gasteiger partial charge in [0.2, 0.25) is 5.91 Å². The number of thioether (sulfide) groups is 1. The molecule has 2 fully saturated rings. The molecule has 1 heterocycles. The van der Waals surface area contributed by atoms with Crippen LogP contribution < -0.4 is 5.32 Å². The van der Waals surface area contributed by atoms with Crippen LogP contribution in [0.1, 0.15) is 32.6 Å². The lowest BCUT2D eigenvalue weighted by atomic mass is 9.84. The van der Waals surface area contributed by atoms with E-state index in [4.69, 9.17) is 16.0 Å². The summed E-state index contributed by atoms with van der Waals surface area (Å²) in [7, 11) is 0. The zero-order valence-corrected chi connectivity index (χ0v) is 15.2. The average molecular weight is 365 g/mol. The van der Waals surface area contributed by atoms with Crippen molar-refractivity contribution in [3.63, 3.8) is 0 Å². The van der Waals surface area contributed by atoms with Gasteiger partial charge in [0.25, 0.3) is 5.22 Å². The standard InChI is InChI=1S/C18H21ClN2O2S/c1-10(14-7-11-2-3-12(14)6-11)20-17(22)9-24-18-21-15-8-13(19)4-5-16(15)23-18/h4-5,8,10-12,14H,2-3,6-7,9H2,1H3,(H,20,22). The molecule has 0 saturated heterocycles. The number of nitrogens with one attached hydrogen (secondary N) is 1. The Kier molecular flexibility index (Phi) is 4.48. The van der Waals surface area contributed by atoms with Crippen LogP contribution in [-0.2, 0) is 4.79 Å². The maximum atomic E-state index is 12.2. The van der Waals surface area contributed by atoms with Crippen molar-refractivity contribution >= 4 is 40.4 Å². The number of rotatable bonds is 5. The van der Waals surface area contributed by atoms with E-state index in [9.17, 15) is 4.79 Å². The van der Waals surface area contributed by atoms with Gasteiger partial charge in [-0.15, -0.1) is 0 Å².